The third-order valence-corrected chi connectivity index (χ3v) is 15.5. The number of hydrogen-bond acceptors (Lipinski definition) is 1. The predicted molar refractivity (Wildman–Crippen MR) is 116 cm³/mol. The molecule has 3 heteroatoms. The SMILES string of the molecule is C=C1C(OC(C)(C)[PH](=C)CP(=C)(CC)CC)C(C)C(C)(C)C1C. The maximum atomic E-state index is 6.70. The molecule has 23 heavy (non-hydrogen) atoms. The van der Waals surface area contributed by atoms with E-state index in [1.165, 1.54) is 23.8 Å². The van der Waals surface area contributed by atoms with Crippen LogP contribution < -0.4 is 0 Å². The first-order valence-electron chi connectivity index (χ1n) is 9.07. The molecule has 1 aliphatic carbocycles. The molecule has 0 aromatic carbocycles. The van der Waals surface area contributed by atoms with Crippen LogP contribution in [-0.4, -0.2) is 42.3 Å². The smallest absolute Gasteiger partial charge is 0.0827 e. The molecular formula is C20H40OP2. The first-order valence-corrected chi connectivity index (χ1v) is 13.5. The molecule has 0 aliphatic heterocycles. The Labute approximate surface area is 146 Å². The van der Waals surface area contributed by atoms with Gasteiger partial charge < -0.3 is 4.74 Å². The van der Waals surface area contributed by atoms with Gasteiger partial charge in [-0.15, -0.1) is 19.5 Å². The molecule has 4 atom stereocenters. The van der Waals surface area contributed by atoms with Gasteiger partial charge in [-0.3, -0.25) is 0 Å². The summed E-state index contributed by atoms with van der Waals surface area (Å²) < 4.78 is 6.70. The van der Waals surface area contributed by atoms with Crippen molar-refractivity contribution in [2.75, 3.05) is 18.2 Å². The largest absolute Gasteiger partial charge is 0.364 e. The molecular weight excluding hydrogens is 318 g/mol. The van der Waals surface area contributed by atoms with Gasteiger partial charge in [0.2, 0.25) is 0 Å². The molecule has 0 amide bonds. The molecule has 0 saturated heterocycles. The Balaban J connectivity index is 2.92. The van der Waals surface area contributed by atoms with Crippen molar-refractivity contribution in [1.29, 1.82) is 0 Å². The van der Waals surface area contributed by atoms with Gasteiger partial charge in [0.05, 0.1) is 11.4 Å². The molecule has 0 aromatic heterocycles. The van der Waals surface area contributed by atoms with Crippen molar-refractivity contribution >= 4 is 27.0 Å². The van der Waals surface area contributed by atoms with E-state index in [0.717, 1.165) is 0 Å². The van der Waals surface area contributed by atoms with Crippen molar-refractivity contribution in [3.8, 4) is 0 Å². The molecule has 1 saturated carbocycles. The lowest BCUT2D eigenvalue weighted by Crippen LogP contribution is -2.33. The molecule has 0 radical (unpaired) electrons. The maximum absolute atomic E-state index is 6.70. The second-order valence-corrected chi connectivity index (χ2v) is 16.3. The predicted octanol–water partition coefficient (Wildman–Crippen LogP) is 6.07. The Morgan fingerprint density at radius 1 is 1.22 bits per heavy atom. The van der Waals surface area contributed by atoms with Crippen LogP contribution in [0.25, 0.3) is 0 Å². The molecule has 0 bridgehead atoms. The van der Waals surface area contributed by atoms with E-state index < -0.39 is 14.4 Å². The molecule has 0 heterocycles. The van der Waals surface area contributed by atoms with Gasteiger partial charge in [-0.05, 0) is 54.9 Å². The van der Waals surface area contributed by atoms with Crippen LogP contribution in [0.15, 0.2) is 12.2 Å². The quantitative estimate of drug-likeness (QED) is 0.396. The topological polar surface area (TPSA) is 9.23 Å². The highest BCUT2D eigenvalue weighted by molar-refractivity contribution is 7.83. The third kappa shape index (κ3) is 4.29. The number of ether oxygens (including phenoxy) is 1. The monoisotopic (exact) mass is 358 g/mol. The summed E-state index contributed by atoms with van der Waals surface area (Å²) in [7, 11) is -0.861. The fourth-order valence-electron chi connectivity index (χ4n) is 3.45. The van der Waals surface area contributed by atoms with Gasteiger partial charge in [0.25, 0.3) is 0 Å². The molecule has 4 unspecified atom stereocenters. The fraction of sp³-hybridized carbons (Fsp3) is 0.800. The molecule has 1 aliphatic rings. The van der Waals surface area contributed by atoms with Crippen LogP contribution in [0, 0.1) is 17.3 Å². The van der Waals surface area contributed by atoms with Crippen LogP contribution in [0.1, 0.15) is 55.4 Å². The van der Waals surface area contributed by atoms with E-state index in [9.17, 15) is 0 Å². The minimum Gasteiger partial charge on any atom is -0.364 e. The van der Waals surface area contributed by atoms with Gasteiger partial charge in [0, 0.05) is 0 Å². The Morgan fingerprint density at radius 2 is 1.70 bits per heavy atom. The third-order valence-electron chi connectivity index (χ3n) is 6.81. The number of rotatable bonds is 7. The van der Waals surface area contributed by atoms with Crippen LogP contribution in [0.2, 0.25) is 0 Å². The summed E-state index contributed by atoms with van der Waals surface area (Å²) in [5.41, 5.74) is 1.52. The highest BCUT2D eigenvalue weighted by atomic mass is 31.2. The zero-order valence-electron chi connectivity index (χ0n) is 16.8. The second kappa shape index (κ2) is 7.27. The summed E-state index contributed by atoms with van der Waals surface area (Å²) in [6, 6.07) is 0. The first-order chi connectivity index (χ1) is 10.3. The zero-order chi connectivity index (χ0) is 18.2. The molecule has 0 aromatic rings. The van der Waals surface area contributed by atoms with Crippen molar-refractivity contribution in [1.82, 2.24) is 0 Å². The lowest BCUT2D eigenvalue weighted by Gasteiger charge is -2.38. The summed E-state index contributed by atoms with van der Waals surface area (Å²) in [6.07, 6.45) is 11.8. The van der Waals surface area contributed by atoms with Gasteiger partial charge in [0.15, 0.2) is 0 Å². The summed E-state index contributed by atoms with van der Waals surface area (Å²) >= 11 is 0. The first kappa shape index (κ1) is 21.3. The van der Waals surface area contributed by atoms with E-state index in [1.807, 2.05) is 0 Å². The van der Waals surface area contributed by atoms with Crippen LogP contribution in [-0.2, 0) is 4.74 Å². The minimum atomic E-state index is -1.07. The van der Waals surface area contributed by atoms with E-state index in [2.05, 4.69) is 74.6 Å². The van der Waals surface area contributed by atoms with E-state index in [4.69, 9.17) is 4.74 Å². The standard InChI is InChI=1S/C20H40OP2/c1-12-23(11,13-2)14-22(10)20(8,9)21-18-15(3)16(4)19(6,7)17(18)5/h16-18,22H,3,10-14H2,1-2,4-9H3. The van der Waals surface area contributed by atoms with Crippen molar-refractivity contribution in [2.45, 2.75) is 66.8 Å². The van der Waals surface area contributed by atoms with E-state index >= 15 is 0 Å². The average Bonchev–Trinajstić information content (AvgIpc) is 2.62. The van der Waals surface area contributed by atoms with Gasteiger partial charge in [-0.25, -0.2) is 0 Å². The molecule has 136 valence electrons. The fourth-order valence-corrected chi connectivity index (χ4v) is 10.7. The van der Waals surface area contributed by atoms with E-state index in [0.29, 0.717) is 11.8 Å². The van der Waals surface area contributed by atoms with Crippen LogP contribution in [0.3, 0.4) is 0 Å². The lowest BCUT2D eigenvalue weighted by molar-refractivity contribution is -0.0285. The highest BCUT2D eigenvalue weighted by Crippen LogP contribution is 2.58. The van der Waals surface area contributed by atoms with Gasteiger partial charge in [0.1, 0.15) is 0 Å². The minimum absolute atomic E-state index is 0.139. The average molecular weight is 358 g/mol. The summed E-state index contributed by atoms with van der Waals surface area (Å²) in [4.78, 5) is 0. The maximum Gasteiger partial charge on any atom is 0.0827 e. The zero-order valence-corrected chi connectivity index (χ0v) is 18.7. The van der Waals surface area contributed by atoms with Crippen molar-refractivity contribution in [3.63, 3.8) is 0 Å². The van der Waals surface area contributed by atoms with Crippen molar-refractivity contribution in [2.24, 2.45) is 17.3 Å². The lowest BCUT2D eigenvalue weighted by atomic mass is 9.77. The second-order valence-electron chi connectivity index (χ2n) is 8.69. The summed E-state index contributed by atoms with van der Waals surface area (Å²) in [6.45, 7) is 21.7. The van der Waals surface area contributed by atoms with E-state index in [-0.39, 0.29) is 16.9 Å². The molecule has 0 spiro atoms. The molecule has 1 fully saturated rings. The Morgan fingerprint density at radius 3 is 2.04 bits per heavy atom. The Bertz CT molecular complexity index is 508. The molecule has 1 rings (SSSR count). The summed E-state index contributed by atoms with van der Waals surface area (Å²) in [5, 5.41) is -0.139. The molecule has 1 nitrogen and oxygen atoms in total. The van der Waals surface area contributed by atoms with Crippen molar-refractivity contribution in [3.05, 3.63) is 12.2 Å². The number of hydrogen-bond donors (Lipinski definition) is 0. The van der Waals surface area contributed by atoms with Gasteiger partial charge in [-0.2, -0.15) is 0 Å². The van der Waals surface area contributed by atoms with E-state index in [1.54, 1.807) is 0 Å². The summed E-state index contributed by atoms with van der Waals surface area (Å²) in [5.74, 6) is 2.21. The van der Waals surface area contributed by atoms with Crippen LogP contribution >= 0.6 is 14.4 Å². The Hall–Kier alpha value is 0.300. The van der Waals surface area contributed by atoms with Gasteiger partial charge in [-0.1, -0.05) is 55.7 Å². The van der Waals surface area contributed by atoms with Crippen LogP contribution in [0.4, 0.5) is 0 Å². The highest BCUT2D eigenvalue weighted by Gasteiger charge is 2.49. The van der Waals surface area contributed by atoms with Crippen molar-refractivity contribution < 1.29 is 4.74 Å². The normalized spacial score (nSPS) is 29.7. The van der Waals surface area contributed by atoms with Gasteiger partial charge >= 0.3 is 0 Å². The molecule has 0 N–H and O–H groups in total. The van der Waals surface area contributed by atoms with Crippen LogP contribution in [0.5, 0.6) is 0 Å². The Kier molecular flexibility index (Phi) is 6.75.